The molecule has 0 aliphatic rings. The van der Waals surface area contributed by atoms with Crippen LogP contribution in [0.2, 0.25) is 0 Å². The van der Waals surface area contributed by atoms with Gasteiger partial charge in [0.1, 0.15) is 5.75 Å². The molecule has 1 nitrogen and oxygen atoms in total. The van der Waals surface area contributed by atoms with Crippen molar-refractivity contribution in [1.29, 1.82) is 0 Å². The Morgan fingerprint density at radius 2 is 1.09 bits per heavy atom. The van der Waals surface area contributed by atoms with Crippen molar-refractivity contribution in [2.75, 3.05) is 0 Å². The number of hydrogen-bond donors (Lipinski definition) is 1. The molecule has 22 heavy (non-hydrogen) atoms. The predicted octanol–water partition coefficient (Wildman–Crippen LogP) is 7.10. The molecular formula is C21H36O. The fourth-order valence-electron chi connectivity index (χ4n) is 3.52. The maximum atomic E-state index is 10.8. The number of phenolic OH excluding ortho intramolecular Hbond substituents is 1. The zero-order valence-electron chi connectivity index (χ0n) is 15.6. The van der Waals surface area contributed by atoms with Gasteiger partial charge >= 0.3 is 0 Å². The average Bonchev–Trinajstić information content (AvgIpc) is 2.48. The Kier molecular flexibility index (Phi) is 8.00. The third-order valence-electron chi connectivity index (χ3n) is 4.99. The largest absolute Gasteiger partial charge is 0.507 e. The molecule has 0 bridgehead atoms. The number of aromatic hydroxyl groups is 1. The summed E-state index contributed by atoms with van der Waals surface area (Å²) in [6.45, 7) is 13.5. The van der Waals surface area contributed by atoms with Gasteiger partial charge in [-0.05, 0) is 53.7 Å². The van der Waals surface area contributed by atoms with Gasteiger partial charge in [-0.15, -0.1) is 0 Å². The predicted molar refractivity (Wildman–Crippen MR) is 98.1 cm³/mol. The average molecular weight is 305 g/mol. The molecule has 0 radical (unpaired) electrons. The van der Waals surface area contributed by atoms with Crippen molar-refractivity contribution in [2.24, 2.45) is 0 Å². The molecule has 0 saturated heterocycles. The Morgan fingerprint density at radius 1 is 0.727 bits per heavy atom. The van der Waals surface area contributed by atoms with E-state index in [0.29, 0.717) is 23.5 Å². The summed E-state index contributed by atoms with van der Waals surface area (Å²) in [4.78, 5) is 0. The van der Waals surface area contributed by atoms with Crippen LogP contribution in [-0.4, -0.2) is 5.11 Å². The molecule has 0 aliphatic heterocycles. The first kappa shape index (κ1) is 19.1. The molecule has 0 aliphatic carbocycles. The lowest BCUT2D eigenvalue weighted by Gasteiger charge is -2.23. The molecule has 1 heteroatoms. The quantitative estimate of drug-likeness (QED) is 0.515. The minimum atomic E-state index is 0.436. The molecular weight excluding hydrogens is 268 g/mol. The van der Waals surface area contributed by atoms with Crippen LogP contribution < -0.4 is 0 Å². The molecule has 0 heterocycles. The van der Waals surface area contributed by atoms with Gasteiger partial charge < -0.3 is 5.11 Å². The monoisotopic (exact) mass is 304 g/mol. The molecule has 126 valence electrons. The van der Waals surface area contributed by atoms with Crippen LogP contribution in [0.25, 0.3) is 0 Å². The van der Waals surface area contributed by atoms with Crippen molar-refractivity contribution in [3.8, 4) is 5.75 Å². The van der Waals surface area contributed by atoms with E-state index in [1.807, 2.05) is 0 Å². The molecule has 1 rings (SSSR count). The van der Waals surface area contributed by atoms with Gasteiger partial charge in [-0.3, -0.25) is 0 Å². The molecule has 0 aromatic heterocycles. The van der Waals surface area contributed by atoms with E-state index in [2.05, 4.69) is 53.7 Å². The first-order valence-corrected chi connectivity index (χ1v) is 9.32. The van der Waals surface area contributed by atoms with Crippen LogP contribution in [-0.2, 0) is 0 Å². The summed E-state index contributed by atoms with van der Waals surface area (Å²) in [7, 11) is 0. The molecule has 1 N–H and O–H groups in total. The minimum Gasteiger partial charge on any atom is -0.507 e. The molecule has 1 aromatic carbocycles. The van der Waals surface area contributed by atoms with Crippen LogP contribution in [0, 0.1) is 0 Å². The summed E-state index contributed by atoms with van der Waals surface area (Å²) < 4.78 is 0. The standard InChI is InChI=1S/C21H36O/c1-7-10-15(4)18-13-19(16(5)11-8-2)21(22)20(14-18)17(6)12-9-3/h13-17,22H,7-12H2,1-6H3. The maximum absolute atomic E-state index is 10.8. The molecule has 0 saturated carbocycles. The molecule has 3 atom stereocenters. The lowest BCUT2D eigenvalue weighted by molar-refractivity contribution is 0.444. The molecule has 1 aromatic rings. The van der Waals surface area contributed by atoms with Crippen LogP contribution >= 0.6 is 0 Å². The highest BCUT2D eigenvalue weighted by Gasteiger charge is 2.20. The van der Waals surface area contributed by atoms with Gasteiger partial charge in [0.15, 0.2) is 0 Å². The first-order chi connectivity index (χ1) is 10.5. The number of phenols is 1. The van der Waals surface area contributed by atoms with Crippen LogP contribution in [0.4, 0.5) is 0 Å². The topological polar surface area (TPSA) is 20.2 Å². The van der Waals surface area contributed by atoms with Crippen molar-refractivity contribution >= 4 is 0 Å². The van der Waals surface area contributed by atoms with E-state index in [0.717, 1.165) is 25.7 Å². The summed E-state index contributed by atoms with van der Waals surface area (Å²) in [6, 6.07) is 4.55. The molecule has 0 spiro atoms. The lowest BCUT2D eigenvalue weighted by atomic mass is 9.84. The van der Waals surface area contributed by atoms with Gasteiger partial charge in [-0.25, -0.2) is 0 Å². The Labute approximate surface area is 138 Å². The molecule has 0 fully saturated rings. The van der Waals surface area contributed by atoms with Gasteiger partial charge in [-0.1, -0.05) is 72.9 Å². The zero-order valence-corrected chi connectivity index (χ0v) is 15.6. The third kappa shape index (κ3) is 4.76. The first-order valence-electron chi connectivity index (χ1n) is 9.32. The number of rotatable bonds is 9. The highest BCUT2D eigenvalue weighted by molar-refractivity contribution is 5.48. The SMILES string of the molecule is CCCC(C)c1cc(C(C)CCC)c(O)c(C(C)CCC)c1. The fraction of sp³-hybridized carbons (Fsp3) is 0.714. The number of hydrogen-bond acceptors (Lipinski definition) is 1. The minimum absolute atomic E-state index is 0.436. The van der Waals surface area contributed by atoms with Crippen molar-refractivity contribution in [3.63, 3.8) is 0 Å². The zero-order chi connectivity index (χ0) is 16.7. The number of benzene rings is 1. The van der Waals surface area contributed by atoms with E-state index < -0.39 is 0 Å². The smallest absolute Gasteiger partial charge is 0.122 e. The van der Waals surface area contributed by atoms with Crippen molar-refractivity contribution in [1.82, 2.24) is 0 Å². The Bertz CT molecular complexity index is 416. The summed E-state index contributed by atoms with van der Waals surface area (Å²) in [6.07, 6.45) is 7.03. The second-order valence-corrected chi connectivity index (χ2v) is 7.12. The van der Waals surface area contributed by atoms with E-state index in [1.165, 1.54) is 29.5 Å². The normalized spacial score (nSPS) is 15.5. The van der Waals surface area contributed by atoms with Crippen LogP contribution in [0.5, 0.6) is 5.75 Å². The highest BCUT2D eigenvalue weighted by atomic mass is 16.3. The Balaban J connectivity index is 3.29. The Morgan fingerprint density at radius 3 is 1.45 bits per heavy atom. The van der Waals surface area contributed by atoms with E-state index in [1.54, 1.807) is 0 Å². The van der Waals surface area contributed by atoms with E-state index in [4.69, 9.17) is 0 Å². The summed E-state index contributed by atoms with van der Waals surface area (Å²) >= 11 is 0. The second-order valence-electron chi connectivity index (χ2n) is 7.12. The van der Waals surface area contributed by atoms with E-state index in [-0.39, 0.29) is 0 Å². The second kappa shape index (κ2) is 9.22. The van der Waals surface area contributed by atoms with Gasteiger partial charge in [0, 0.05) is 0 Å². The third-order valence-corrected chi connectivity index (χ3v) is 4.99. The van der Waals surface area contributed by atoms with E-state index >= 15 is 0 Å². The van der Waals surface area contributed by atoms with Crippen LogP contribution in [0.1, 0.15) is 115 Å². The van der Waals surface area contributed by atoms with Crippen molar-refractivity contribution in [2.45, 2.75) is 97.8 Å². The van der Waals surface area contributed by atoms with Crippen LogP contribution in [0.3, 0.4) is 0 Å². The molecule has 0 amide bonds. The van der Waals surface area contributed by atoms with Gasteiger partial charge in [-0.2, -0.15) is 0 Å². The van der Waals surface area contributed by atoms with E-state index in [9.17, 15) is 5.11 Å². The fourth-order valence-corrected chi connectivity index (χ4v) is 3.52. The van der Waals surface area contributed by atoms with Gasteiger partial charge in [0.25, 0.3) is 0 Å². The highest BCUT2D eigenvalue weighted by Crippen LogP contribution is 2.40. The molecule has 3 unspecified atom stereocenters. The van der Waals surface area contributed by atoms with Crippen molar-refractivity contribution < 1.29 is 5.11 Å². The van der Waals surface area contributed by atoms with Gasteiger partial charge in [0.2, 0.25) is 0 Å². The summed E-state index contributed by atoms with van der Waals surface area (Å²) in [5.41, 5.74) is 3.75. The van der Waals surface area contributed by atoms with Crippen molar-refractivity contribution in [3.05, 3.63) is 28.8 Å². The van der Waals surface area contributed by atoms with Crippen LogP contribution in [0.15, 0.2) is 12.1 Å². The van der Waals surface area contributed by atoms with Gasteiger partial charge in [0.05, 0.1) is 0 Å². The maximum Gasteiger partial charge on any atom is 0.122 e. The Hall–Kier alpha value is -0.980. The summed E-state index contributed by atoms with van der Waals surface area (Å²) in [5.74, 6) is 2.01. The lowest BCUT2D eigenvalue weighted by Crippen LogP contribution is -2.04. The summed E-state index contributed by atoms with van der Waals surface area (Å²) in [5, 5.41) is 10.8.